The number of hydrogen-bond acceptors (Lipinski definition) is 2. The lowest BCUT2D eigenvalue weighted by atomic mass is 9.93. The van der Waals surface area contributed by atoms with Gasteiger partial charge in [-0.1, -0.05) is 85.3 Å². The summed E-state index contributed by atoms with van der Waals surface area (Å²) in [7, 11) is -0.350. The zero-order chi connectivity index (χ0) is 23.6. The van der Waals surface area contributed by atoms with E-state index in [1.54, 1.807) is 6.08 Å². The summed E-state index contributed by atoms with van der Waals surface area (Å²) < 4.78 is 11.3. The first-order valence-corrected chi connectivity index (χ1v) is 12.8. The molecule has 0 aliphatic heterocycles. The van der Waals surface area contributed by atoms with Crippen molar-refractivity contribution in [2.45, 2.75) is 52.6 Å². The number of rotatable bonds is 10. The molecule has 0 aromatic heterocycles. The summed E-state index contributed by atoms with van der Waals surface area (Å²) in [6, 6.07) is 20.6. The fraction of sp³-hybridized carbons (Fsp3) is 0.276. The Morgan fingerprint density at radius 1 is 0.909 bits per heavy atom. The fourth-order valence-corrected chi connectivity index (χ4v) is 4.60. The lowest BCUT2D eigenvalue weighted by Gasteiger charge is -2.17. The number of amides is 1. The second kappa shape index (κ2) is 12.3. The molecular weight excluding hydrogens is 425 g/mol. The van der Waals surface area contributed by atoms with Gasteiger partial charge in [0, 0.05) is 17.3 Å². The maximum absolute atomic E-state index is 12.8. The highest BCUT2D eigenvalue weighted by Gasteiger charge is 2.15. The Hall–Kier alpha value is -3.03. The summed E-state index contributed by atoms with van der Waals surface area (Å²) in [5.41, 5.74) is 8.92. The van der Waals surface area contributed by atoms with E-state index in [-0.39, 0.29) is 14.4 Å². The molecule has 0 aliphatic carbocycles. The fourth-order valence-electron chi connectivity index (χ4n) is 4.11. The molecule has 1 unspecified atom stereocenters. The summed E-state index contributed by atoms with van der Waals surface area (Å²) >= 11 is 0. The highest BCUT2D eigenvalue weighted by Crippen LogP contribution is 2.29. The van der Waals surface area contributed by atoms with Crippen LogP contribution in [-0.2, 0) is 28.4 Å². The highest BCUT2D eigenvalue weighted by molar-refractivity contribution is 7.22. The summed E-state index contributed by atoms with van der Waals surface area (Å²) in [4.78, 5) is 12.8. The first kappa shape index (κ1) is 24.6. The van der Waals surface area contributed by atoms with Crippen LogP contribution in [0.15, 0.2) is 66.7 Å². The molecule has 170 valence electrons. The van der Waals surface area contributed by atoms with Gasteiger partial charge >= 0.3 is 8.46 Å². The molecule has 0 saturated carbocycles. The van der Waals surface area contributed by atoms with Gasteiger partial charge in [0.2, 0.25) is 5.91 Å². The molecule has 3 aromatic carbocycles. The minimum atomic E-state index is -0.350. The summed E-state index contributed by atoms with van der Waals surface area (Å²) in [6.45, 7) is 6.37. The van der Waals surface area contributed by atoms with Crippen LogP contribution >= 0.6 is 8.46 Å². The van der Waals surface area contributed by atoms with Crippen LogP contribution in [0.25, 0.3) is 17.2 Å². The van der Waals surface area contributed by atoms with E-state index >= 15 is 0 Å². The first-order valence-electron chi connectivity index (χ1n) is 11.7. The maximum Gasteiger partial charge on any atom is 0.329 e. The summed E-state index contributed by atoms with van der Waals surface area (Å²) in [6.07, 6.45) is 7.84. The number of carbonyl (C=O) groups is 1. The molecule has 4 heteroatoms. The molecule has 0 bridgehead atoms. The van der Waals surface area contributed by atoms with Gasteiger partial charge in [0.15, 0.2) is 6.16 Å². The Labute approximate surface area is 199 Å². The Morgan fingerprint density at radius 3 is 2.33 bits per heavy atom. The topological polar surface area (TPSA) is 46.2 Å². The number of aryl methyl sites for hydroxylation is 1. The van der Waals surface area contributed by atoms with Gasteiger partial charge in [-0.05, 0) is 65.8 Å². The molecule has 1 atom stereocenters. The Balaban J connectivity index is 1.80. The van der Waals surface area contributed by atoms with Crippen molar-refractivity contribution in [2.24, 2.45) is 0 Å². The van der Waals surface area contributed by atoms with Crippen molar-refractivity contribution in [3.05, 3.63) is 94.6 Å². The van der Waals surface area contributed by atoms with E-state index in [9.17, 15) is 9.36 Å². The molecule has 0 fully saturated rings. The van der Waals surface area contributed by atoms with Gasteiger partial charge in [0.25, 0.3) is 0 Å². The molecular formula is C29H33NO2P+. The average Bonchev–Trinajstić information content (AvgIpc) is 2.82. The van der Waals surface area contributed by atoms with Gasteiger partial charge in [0.1, 0.15) is 0 Å². The minimum absolute atomic E-state index is 0.144. The van der Waals surface area contributed by atoms with Crippen LogP contribution in [0, 0.1) is 6.92 Å². The number of carbonyl (C=O) groups excluding carboxylic acids is 1. The summed E-state index contributed by atoms with van der Waals surface area (Å²) in [5, 5.41) is 3.08. The number of hydrogen-bond donors (Lipinski definition) is 1. The maximum atomic E-state index is 12.8. The van der Waals surface area contributed by atoms with Crippen molar-refractivity contribution in [1.82, 2.24) is 0 Å². The van der Waals surface area contributed by atoms with Crippen LogP contribution < -0.4 is 5.32 Å². The molecule has 0 aliphatic rings. The zero-order valence-corrected chi connectivity index (χ0v) is 20.8. The van der Waals surface area contributed by atoms with E-state index < -0.39 is 0 Å². The third-order valence-electron chi connectivity index (χ3n) is 5.75. The molecule has 1 N–H and O–H groups in total. The number of benzene rings is 3. The Bertz CT molecular complexity index is 1130. The van der Waals surface area contributed by atoms with Crippen molar-refractivity contribution in [1.29, 1.82) is 0 Å². The summed E-state index contributed by atoms with van der Waals surface area (Å²) in [5.74, 6) is -0.144. The predicted molar refractivity (Wildman–Crippen MR) is 141 cm³/mol. The molecule has 0 radical (unpaired) electrons. The van der Waals surface area contributed by atoms with Crippen LogP contribution in [-0.4, -0.2) is 5.91 Å². The molecule has 3 rings (SSSR count). The monoisotopic (exact) mass is 458 g/mol. The molecule has 3 nitrogen and oxygen atoms in total. The van der Waals surface area contributed by atoms with Crippen molar-refractivity contribution in [2.75, 3.05) is 5.32 Å². The second-order valence-electron chi connectivity index (χ2n) is 8.36. The average molecular weight is 459 g/mol. The molecule has 33 heavy (non-hydrogen) atoms. The lowest BCUT2D eigenvalue weighted by molar-refractivity contribution is -0.111. The molecule has 1 amide bonds. The predicted octanol–water partition coefficient (Wildman–Crippen LogP) is 7.74. The van der Waals surface area contributed by atoms with Crippen molar-refractivity contribution in [3.63, 3.8) is 0 Å². The van der Waals surface area contributed by atoms with Crippen LogP contribution in [0.1, 0.15) is 54.5 Å². The van der Waals surface area contributed by atoms with Crippen molar-refractivity contribution in [3.8, 4) is 11.1 Å². The van der Waals surface area contributed by atoms with E-state index in [4.69, 9.17) is 0 Å². The van der Waals surface area contributed by atoms with E-state index in [0.717, 1.165) is 53.6 Å². The third-order valence-corrected chi connectivity index (χ3v) is 6.27. The van der Waals surface area contributed by atoms with Crippen LogP contribution in [0.4, 0.5) is 5.69 Å². The van der Waals surface area contributed by atoms with Crippen molar-refractivity contribution >= 4 is 26.1 Å². The molecule has 3 aromatic rings. The normalized spacial score (nSPS) is 11.2. The minimum Gasteiger partial charge on any atom is -0.322 e. The standard InChI is InChI=1S/C29H32NO2P/c1-4-7-26-25(20-33-32)16-17-28(27(26)8-5-2)30-29(31)18-13-22-9-6-10-24(19-22)23-14-11-21(3)12-15-23/h6,9-19H,4-5,7-8,20H2,1-3H3,(H,30,31)/p+1. The van der Waals surface area contributed by atoms with Gasteiger partial charge in [0.05, 0.1) is 0 Å². The van der Waals surface area contributed by atoms with Crippen LogP contribution in [0.3, 0.4) is 0 Å². The van der Waals surface area contributed by atoms with E-state index in [0.29, 0.717) is 6.16 Å². The number of anilines is 1. The SMILES string of the molecule is CCCc1c(C[PH+]=O)ccc(NC(=O)C=Cc2cccc(-c3ccc(C)cc3)c2)c1CCC. The molecule has 0 spiro atoms. The Morgan fingerprint density at radius 2 is 1.64 bits per heavy atom. The van der Waals surface area contributed by atoms with Crippen LogP contribution in [0.2, 0.25) is 0 Å². The van der Waals surface area contributed by atoms with E-state index in [1.165, 1.54) is 16.7 Å². The van der Waals surface area contributed by atoms with E-state index in [1.807, 2.05) is 30.3 Å². The third kappa shape index (κ3) is 6.73. The molecule has 0 heterocycles. The van der Waals surface area contributed by atoms with Crippen molar-refractivity contribution < 1.29 is 9.36 Å². The Kier molecular flexibility index (Phi) is 9.15. The smallest absolute Gasteiger partial charge is 0.322 e. The molecule has 0 saturated heterocycles. The lowest BCUT2D eigenvalue weighted by Crippen LogP contribution is -2.12. The quantitative estimate of drug-likeness (QED) is 0.249. The highest BCUT2D eigenvalue weighted by atomic mass is 31.1. The second-order valence-corrected chi connectivity index (χ2v) is 9.01. The van der Waals surface area contributed by atoms with Gasteiger partial charge < -0.3 is 5.32 Å². The zero-order valence-electron chi connectivity index (χ0n) is 19.8. The van der Waals surface area contributed by atoms with Gasteiger partial charge in [-0.2, -0.15) is 0 Å². The van der Waals surface area contributed by atoms with Gasteiger partial charge in [-0.15, -0.1) is 0 Å². The largest absolute Gasteiger partial charge is 0.329 e. The van der Waals surface area contributed by atoms with E-state index in [2.05, 4.69) is 62.5 Å². The number of nitrogens with one attached hydrogen (secondary N) is 1. The van der Waals surface area contributed by atoms with Gasteiger partial charge in [-0.3, -0.25) is 4.79 Å². The first-order chi connectivity index (χ1) is 16.0. The van der Waals surface area contributed by atoms with Crippen LogP contribution in [0.5, 0.6) is 0 Å². The van der Waals surface area contributed by atoms with Gasteiger partial charge in [-0.25, -0.2) is 0 Å².